The number of hydrogen-bond donors (Lipinski definition) is 2. The highest BCUT2D eigenvalue weighted by Crippen LogP contribution is 2.10. The van der Waals surface area contributed by atoms with E-state index >= 15 is 0 Å². The Morgan fingerprint density at radius 2 is 2.42 bits per heavy atom. The summed E-state index contributed by atoms with van der Waals surface area (Å²) in [4.78, 5) is 13.3. The summed E-state index contributed by atoms with van der Waals surface area (Å²) >= 11 is 0. The average molecular weight is 269 g/mol. The van der Waals surface area contributed by atoms with Gasteiger partial charge in [0, 0.05) is 19.6 Å². The number of ether oxygens (including phenoxy) is 1. The van der Waals surface area contributed by atoms with Gasteiger partial charge in [-0.3, -0.25) is 4.90 Å². The first-order valence-electron chi connectivity index (χ1n) is 6.35. The quantitative estimate of drug-likeness (QED) is 0.717. The molecule has 2 rings (SSSR count). The van der Waals surface area contributed by atoms with Gasteiger partial charge in [-0.1, -0.05) is 12.1 Å². The number of carboxylic acids is 1. The molecule has 1 aliphatic rings. The second-order valence-corrected chi connectivity index (χ2v) is 4.46. The molecular formula is C11H19N5O3. The molecule has 1 aromatic rings. The number of nitrogens with zero attached hydrogens (tertiary/aromatic N) is 4. The zero-order chi connectivity index (χ0) is 13.8. The molecule has 0 amide bonds. The molecule has 0 saturated carbocycles. The Bertz CT molecular complexity index is 448. The van der Waals surface area contributed by atoms with Gasteiger partial charge in [0.15, 0.2) is 5.69 Å². The second-order valence-electron chi connectivity index (χ2n) is 4.46. The molecule has 1 atom stereocenters. The van der Waals surface area contributed by atoms with E-state index in [0.29, 0.717) is 18.8 Å². The molecule has 19 heavy (non-hydrogen) atoms. The predicted octanol–water partition coefficient (Wildman–Crippen LogP) is -0.844. The number of rotatable bonds is 5. The molecule has 8 nitrogen and oxygen atoms in total. The van der Waals surface area contributed by atoms with Gasteiger partial charge in [-0.25, -0.2) is 9.48 Å². The van der Waals surface area contributed by atoms with Crippen LogP contribution in [0.25, 0.3) is 0 Å². The van der Waals surface area contributed by atoms with E-state index < -0.39 is 5.97 Å². The van der Waals surface area contributed by atoms with E-state index in [2.05, 4.69) is 22.1 Å². The third kappa shape index (κ3) is 3.09. The molecule has 1 fully saturated rings. The van der Waals surface area contributed by atoms with E-state index in [4.69, 9.17) is 15.6 Å². The average Bonchev–Trinajstić information content (AvgIpc) is 2.82. The normalized spacial score (nSPS) is 20.6. The van der Waals surface area contributed by atoms with Gasteiger partial charge in [-0.2, -0.15) is 0 Å². The van der Waals surface area contributed by atoms with Crippen LogP contribution in [0.3, 0.4) is 0 Å². The van der Waals surface area contributed by atoms with E-state index in [1.807, 2.05) is 0 Å². The van der Waals surface area contributed by atoms with Gasteiger partial charge >= 0.3 is 5.97 Å². The van der Waals surface area contributed by atoms with Crippen LogP contribution >= 0.6 is 0 Å². The number of hydrogen-bond acceptors (Lipinski definition) is 6. The molecule has 3 N–H and O–H groups in total. The van der Waals surface area contributed by atoms with Crippen LogP contribution in [0.1, 0.15) is 23.1 Å². The van der Waals surface area contributed by atoms with Crippen molar-refractivity contribution in [1.82, 2.24) is 19.9 Å². The maximum absolute atomic E-state index is 11.0. The van der Waals surface area contributed by atoms with E-state index in [-0.39, 0.29) is 18.3 Å². The molecule has 1 saturated heterocycles. The topological polar surface area (TPSA) is 106 Å². The molecule has 8 heteroatoms. The van der Waals surface area contributed by atoms with Crippen molar-refractivity contribution in [2.24, 2.45) is 5.73 Å². The van der Waals surface area contributed by atoms with Crippen molar-refractivity contribution in [3.63, 3.8) is 0 Å². The van der Waals surface area contributed by atoms with Crippen LogP contribution < -0.4 is 5.73 Å². The number of aromatic carboxylic acids is 1. The molecule has 1 aliphatic heterocycles. The lowest BCUT2D eigenvalue weighted by atomic mass is 10.2. The van der Waals surface area contributed by atoms with Crippen LogP contribution in [0.4, 0.5) is 0 Å². The van der Waals surface area contributed by atoms with Crippen molar-refractivity contribution < 1.29 is 14.6 Å². The number of carboxylic acid groups (broad SMARTS) is 1. The fraction of sp³-hybridized carbons (Fsp3) is 0.727. The third-order valence-corrected chi connectivity index (χ3v) is 3.28. The summed E-state index contributed by atoms with van der Waals surface area (Å²) in [6.45, 7) is 6.06. The highest BCUT2D eigenvalue weighted by atomic mass is 16.5. The van der Waals surface area contributed by atoms with Crippen molar-refractivity contribution in [1.29, 1.82) is 0 Å². The fourth-order valence-corrected chi connectivity index (χ4v) is 2.22. The zero-order valence-electron chi connectivity index (χ0n) is 10.9. The first-order chi connectivity index (χ1) is 9.15. The molecular weight excluding hydrogens is 250 g/mol. The first kappa shape index (κ1) is 13.9. The number of morpholine rings is 1. The van der Waals surface area contributed by atoms with Gasteiger partial charge in [0.2, 0.25) is 0 Å². The smallest absolute Gasteiger partial charge is 0.358 e. The van der Waals surface area contributed by atoms with Gasteiger partial charge in [-0.05, 0) is 6.54 Å². The molecule has 0 spiro atoms. The number of aromatic nitrogens is 3. The lowest BCUT2D eigenvalue weighted by Gasteiger charge is -2.32. The highest BCUT2D eigenvalue weighted by molar-refractivity contribution is 5.86. The van der Waals surface area contributed by atoms with Crippen LogP contribution in [0.15, 0.2) is 0 Å². The Hall–Kier alpha value is -1.51. The van der Waals surface area contributed by atoms with Crippen LogP contribution in [0.5, 0.6) is 0 Å². The summed E-state index contributed by atoms with van der Waals surface area (Å²) in [5.41, 5.74) is 5.93. The maximum Gasteiger partial charge on any atom is 0.358 e. The molecule has 0 radical (unpaired) electrons. The highest BCUT2D eigenvalue weighted by Gasteiger charge is 2.23. The molecule has 0 bridgehead atoms. The molecule has 2 heterocycles. The van der Waals surface area contributed by atoms with Crippen molar-refractivity contribution in [2.45, 2.75) is 26.1 Å². The number of likely N-dealkylation sites (N-methyl/N-ethyl adjacent to an activating group) is 1. The summed E-state index contributed by atoms with van der Waals surface area (Å²) in [7, 11) is 0. The molecule has 1 unspecified atom stereocenters. The summed E-state index contributed by atoms with van der Waals surface area (Å²) in [5, 5.41) is 16.5. The van der Waals surface area contributed by atoms with Crippen molar-refractivity contribution in [2.75, 3.05) is 26.2 Å². The summed E-state index contributed by atoms with van der Waals surface area (Å²) < 4.78 is 7.20. The van der Waals surface area contributed by atoms with Crippen LogP contribution in [-0.4, -0.2) is 63.3 Å². The van der Waals surface area contributed by atoms with Gasteiger partial charge in [0.05, 0.1) is 24.9 Å². The van der Waals surface area contributed by atoms with Crippen LogP contribution in [-0.2, 0) is 17.8 Å². The predicted molar refractivity (Wildman–Crippen MR) is 66.7 cm³/mol. The Kier molecular flexibility index (Phi) is 4.46. The molecule has 1 aromatic heterocycles. The Balaban J connectivity index is 2.08. The fourth-order valence-electron chi connectivity index (χ4n) is 2.22. The Morgan fingerprint density at radius 3 is 3.05 bits per heavy atom. The van der Waals surface area contributed by atoms with Gasteiger partial charge in [0.25, 0.3) is 0 Å². The van der Waals surface area contributed by atoms with Crippen molar-refractivity contribution in [3.8, 4) is 0 Å². The monoisotopic (exact) mass is 269 g/mol. The van der Waals surface area contributed by atoms with Crippen molar-refractivity contribution >= 4 is 5.97 Å². The van der Waals surface area contributed by atoms with E-state index in [1.54, 1.807) is 0 Å². The minimum atomic E-state index is -1.11. The summed E-state index contributed by atoms with van der Waals surface area (Å²) in [6, 6.07) is 0. The van der Waals surface area contributed by atoms with E-state index in [0.717, 1.165) is 19.6 Å². The molecule has 0 aromatic carbocycles. The third-order valence-electron chi connectivity index (χ3n) is 3.28. The second kappa shape index (κ2) is 6.09. The maximum atomic E-state index is 11.0. The van der Waals surface area contributed by atoms with E-state index in [1.165, 1.54) is 4.68 Å². The van der Waals surface area contributed by atoms with Crippen molar-refractivity contribution in [3.05, 3.63) is 11.4 Å². The first-order valence-corrected chi connectivity index (χ1v) is 6.35. The Morgan fingerprint density at radius 1 is 1.63 bits per heavy atom. The number of carbonyl (C=O) groups is 1. The van der Waals surface area contributed by atoms with Crippen LogP contribution in [0.2, 0.25) is 0 Å². The SMILES string of the molecule is CCN1CCOC(Cn2nnc(C(=O)O)c2CN)C1. The van der Waals surface area contributed by atoms with Gasteiger partial charge in [-0.15, -0.1) is 5.10 Å². The van der Waals surface area contributed by atoms with Crippen LogP contribution in [0, 0.1) is 0 Å². The van der Waals surface area contributed by atoms with E-state index in [9.17, 15) is 4.79 Å². The lowest BCUT2D eigenvalue weighted by Crippen LogP contribution is -2.44. The molecule has 106 valence electrons. The summed E-state index contributed by atoms with van der Waals surface area (Å²) in [6.07, 6.45) is -0.0117. The zero-order valence-corrected chi connectivity index (χ0v) is 10.9. The Labute approximate surface area is 111 Å². The minimum absolute atomic E-state index is 0.0117. The summed E-state index contributed by atoms with van der Waals surface area (Å²) in [5.74, 6) is -1.11. The number of nitrogens with two attached hydrogens (primary N) is 1. The lowest BCUT2D eigenvalue weighted by molar-refractivity contribution is -0.0363. The van der Waals surface area contributed by atoms with Gasteiger partial charge in [0.1, 0.15) is 0 Å². The largest absolute Gasteiger partial charge is 0.476 e. The van der Waals surface area contributed by atoms with Gasteiger partial charge < -0.3 is 15.6 Å². The minimum Gasteiger partial charge on any atom is -0.476 e. The standard InChI is InChI=1S/C11H19N5O3/c1-2-15-3-4-19-8(6-15)7-16-9(5-12)10(11(17)18)13-14-16/h8H,2-7,12H2,1H3,(H,17,18). The molecule has 0 aliphatic carbocycles.